The average molecular weight is 557 g/mol. The van der Waals surface area contributed by atoms with Gasteiger partial charge in [0, 0.05) is 18.3 Å². The Bertz CT molecular complexity index is 1250. The zero-order valence-electron chi connectivity index (χ0n) is 23.4. The van der Waals surface area contributed by atoms with Gasteiger partial charge in [0.1, 0.15) is 0 Å². The first kappa shape index (κ1) is 27.0. The Labute approximate surface area is 233 Å². The molecule has 2 aromatic carbocycles. The molecule has 0 radical (unpaired) electrons. The van der Waals surface area contributed by atoms with Crippen molar-refractivity contribution in [1.82, 2.24) is 0 Å². The highest BCUT2D eigenvalue weighted by atomic mass is 16.7. The summed E-state index contributed by atoms with van der Waals surface area (Å²) in [5.74, 6) is 1.32. The molecular weight excluding hydrogens is 520 g/mol. The monoisotopic (exact) mass is 556 g/mol. The van der Waals surface area contributed by atoms with Crippen molar-refractivity contribution in [1.29, 1.82) is 0 Å². The second kappa shape index (κ2) is 10.6. The molecule has 0 bridgehead atoms. The Hall–Kier alpha value is -3.21. The molecule has 0 spiro atoms. The molecule has 40 heavy (non-hydrogen) atoms. The van der Waals surface area contributed by atoms with Crippen molar-refractivity contribution in [2.75, 3.05) is 34.7 Å². The second-order valence-electron chi connectivity index (χ2n) is 11.1. The standard InChI is InChI=1S/C30H36O10/c1-14(2)27-19(31)6-7-24(39-27)40-28-17-11-21-20(37-13-38-21)10-16(17)25(26-18(28)12-36-30(26)32)15-8-22(33-3)29(35-5)23(9-15)34-4/h8-11,14,18-19,24-28,31H,6-7,12-13H2,1-5H3/t18-,19+,24-,25+,26-,27-,28-/m0/s1. The summed E-state index contributed by atoms with van der Waals surface area (Å²) in [6, 6.07) is 7.64. The molecule has 10 nitrogen and oxygen atoms in total. The molecule has 1 aliphatic carbocycles. The molecule has 0 aromatic heterocycles. The highest BCUT2D eigenvalue weighted by molar-refractivity contribution is 5.79. The Morgan fingerprint density at radius 1 is 0.900 bits per heavy atom. The summed E-state index contributed by atoms with van der Waals surface area (Å²) < 4.78 is 46.9. The minimum Gasteiger partial charge on any atom is -0.493 e. The topological polar surface area (TPSA) is 111 Å². The van der Waals surface area contributed by atoms with E-state index in [2.05, 4.69) is 0 Å². The van der Waals surface area contributed by atoms with E-state index in [1.54, 1.807) is 21.3 Å². The van der Waals surface area contributed by atoms with E-state index < -0.39 is 30.3 Å². The summed E-state index contributed by atoms with van der Waals surface area (Å²) in [5.41, 5.74) is 2.58. The van der Waals surface area contributed by atoms with Crippen LogP contribution < -0.4 is 23.7 Å². The van der Waals surface area contributed by atoms with Gasteiger partial charge < -0.3 is 43.0 Å². The van der Waals surface area contributed by atoms with Crippen LogP contribution in [-0.4, -0.2) is 64.3 Å². The smallest absolute Gasteiger partial charge is 0.310 e. The van der Waals surface area contributed by atoms with Crippen LogP contribution >= 0.6 is 0 Å². The quantitative estimate of drug-likeness (QED) is 0.503. The summed E-state index contributed by atoms with van der Waals surface area (Å²) >= 11 is 0. The lowest BCUT2D eigenvalue weighted by Gasteiger charge is -2.42. The minimum atomic E-state index is -0.541. The molecule has 3 aliphatic heterocycles. The highest BCUT2D eigenvalue weighted by Crippen LogP contribution is 2.57. The Morgan fingerprint density at radius 2 is 1.57 bits per heavy atom. The maximum atomic E-state index is 13.4. The van der Waals surface area contributed by atoms with Gasteiger partial charge >= 0.3 is 5.97 Å². The molecule has 216 valence electrons. The summed E-state index contributed by atoms with van der Waals surface area (Å²) in [4.78, 5) is 13.4. The van der Waals surface area contributed by atoms with E-state index in [0.717, 1.165) is 16.7 Å². The van der Waals surface area contributed by atoms with Gasteiger partial charge in [0.25, 0.3) is 0 Å². The summed E-state index contributed by atoms with van der Waals surface area (Å²) in [5, 5.41) is 10.5. The van der Waals surface area contributed by atoms with Crippen LogP contribution in [0.25, 0.3) is 0 Å². The highest BCUT2D eigenvalue weighted by Gasteiger charge is 2.54. The van der Waals surface area contributed by atoms with Gasteiger partial charge in [-0.15, -0.1) is 0 Å². The number of fused-ring (bicyclic) bond motifs is 3. The summed E-state index contributed by atoms with van der Waals surface area (Å²) in [6.45, 7) is 4.38. The zero-order chi connectivity index (χ0) is 28.1. The number of cyclic esters (lactones) is 1. The van der Waals surface area contributed by atoms with E-state index in [9.17, 15) is 9.90 Å². The number of aliphatic hydroxyl groups excluding tert-OH is 1. The zero-order valence-corrected chi connectivity index (χ0v) is 23.4. The molecule has 2 fully saturated rings. The molecule has 4 aliphatic rings. The maximum Gasteiger partial charge on any atom is 0.310 e. The van der Waals surface area contributed by atoms with Crippen LogP contribution in [0.15, 0.2) is 24.3 Å². The van der Waals surface area contributed by atoms with Crippen LogP contribution in [0.4, 0.5) is 0 Å². The molecule has 10 heteroatoms. The second-order valence-corrected chi connectivity index (χ2v) is 11.1. The van der Waals surface area contributed by atoms with Crippen LogP contribution in [0.3, 0.4) is 0 Å². The van der Waals surface area contributed by atoms with Crippen LogP contribution in [0, 0.1) is 17.8 Å². The number of carbonyl (C=O) groups excluding carboxylic acids is 1. The number of rotatable bonds is 7. The van der Waals surface area contributed by atoms with Crippen molar-refractivity contribution >= 4 is 5.97 Å². The van der Waals surface area contributed by atoms with Gasteiger partial charge in [-0.1, -0.05) is 13.8 Å². The van der Waals surface area contributed by atoms with Crippen molar-refractivity contribution in [2.24, 2.45) is 17.8 Å². The van der Waals surface area contributed by atoms with Crippen molar-refractivity contribution in [3.8, 4) is 28.7 Å². The Balaban J connectivity index is 1.46. The molecular formula is C30H36O10. The van der Waals surface area contributed by atoms with Gasteiger partial charge in [0.15, 0.2) is 29.3 Å². The van der Waals surface area contributed by atoms with E-state index >= 15 is 0 Å². The molecule has 3 heterocycles. The predicted octanol–water partition coefficient (Wildman–Crippen LogP) is 3.96. The van der Waals surface area contributed by atoms with E-state index in [0.29, 0.717) is 41.6 Å². The third-order valence-corrected chi connectivity index (χ3v) is 8.51. The summed E-state index contributed by atoms with van der Waals surface area (Å²) in [7, 11) is 4.69. The molecule has 0 amide bonds. The maximum absolute atomic E-state index is 13.4. The van der Waals surface area contributed by atoms with Gasteiger partial charge in [-0.05, 0) is 53.3 Å². The normalized spacial score (nSPS) is 30.5. The van der Waals surface area contributed by atoms with E-state index in [1.807, 2.05) is 38.1 Å². The third kappa shape index (κ3) is 4.42. The number of ether oxygens (including phenoxy) is 8. The number of hydrogen-bond donors (Lipinski definition) is 1. The fourth-order valence-corrected chi connectivity index (χ4v) is 6.64. The number of methoxy groups -OCH3 is 3. The van der Waals surface area contributed by atoms with Crippen molar-refractivity contribution in [3.63, 3.8) is 0 Å². The van der Waals surface area contributed by atoms with Gasteiger partial charge in [-0.3, -0.25) is 4.79 Å². The Kier molecular flexibility index (Phi) is 7.18. The molecule has 2 saturated heterocycles. The predicted molar refractivity (Wildman–Crippen MR) is 141 cm³/mol. The molecule has 2 aromatic rings. The van der Waals surface area contributed by atoms with Crippen LogP contribution in [0.2, 0.25) is 0 Å². The SMILES string of the molecule is COc1cc([C@@H]2c3cc4c(cc3[C@H](O[C@H]3CC[C@@H](O)[C@H](C(C)C)O3)[C@H]3COC(=O)[C@H]23)OCO4)cc(OC)c1OC. The number of carbonyl (C=O) groups is 1. The van der Waals surface area contributed by atoms with E-state index in [-0.39, 0.29) is 37.3 Å². The van der Waals surface area contributed by atoms with Crippen molar-refractivity contribution < 1.29 is 47.8 Å². The molecule has 6 rings (SSSR count). The van der Waals surface area contributed by atoms with Gasteiger partial charge in [-0.25, -0.2) is 0 Å². The fraction of sp³-hybridized carbons (Fsp3) is 0.567. The van der Waals surface area contributed by atoms with Crippen LogP contribution in [-0.2, 0) is 19.0 Å². The lowest BCUT2D eigenvalue weighted by Crippen LogP contribution is -2.45. The van der Waals surface area contributed by atoms with Gasteiger partial charge in [-0.2, -0.15) is 0 Å². The fourth-order valence-electron chi connectivity index (χ4n) is 6.64. The molecule has 0 unspecified atom stereocenters. The summed E-state index contributed by atoms with van der Waals surface area (Å²) in [6.07, 6.45) is -0.779. The van der Waals surface area contributed by atoms with Crippen molar-refractivity contribution in [2.45, 2.75) is 57.2 Å². The molecule has 0 saturated carbocycles. The number of esters is 1. The first-order valence-electron chi connectivity index (χ1n) is 13.7. The number of aliphatic hydroxyl groups is 1. The largest absolute Gasteiger partial charge is 0.493 e. The van der Waals surface area contributed by atoms with Crippen molar-refractivity contribution in [3.05, 3.63) is 41.0 Å². The van der Waals surface area contributed by atoms with E-state index in [4.69, 9.17) is 37.9 Å². The molecule has 7 atom stereocenters. The molecule has 1 N–H and O–H groups in total. The van der Waals surface area contributed by atoms with Gasteiger partial charge in [0.05, 0.1) is 52.2 Å². The number of hydrogen-bond acceptors (Lipinski definition) is 10. The van der Waals surface area contributed by atoms with Gasteiger partial charge in [0.2, 0.25) is 12.5 Å². The third-order valence-electron chi connectivity index (χ3n) is 8.51. The first-order chi connectivity index (χ1) is 19.3. The lowest BCUT2D eigenvalue weighted by atomic mass is 9.66. The number of benzene rings is 2. The van der Waals surface area contributed by atoms with E-state index in [1.165, 1.54) is 0 Å². The minimum absolute atomic E-state index is 0.118. The Morgan fingerprint density at radius 3 is 2.20 bits per heavy atom. The average Bonchev–Trinajstić information content (AvgIpc) is 3.58. The van der Waals surface area contributed by atoms with Crippen LogP contribution in [0.1, 0.15) is 55.4 Å². The van der Waals surface area contributed by atoms with Crippen LogP contribution in [0.5, 0.6) is 28.7 Å². The first-order valence-corrected chi connectivity index (χ1v) is 13.7. The lowest BCUT2D eigenvalue weighted by molar-refractivity contribution is -0.257.